The molecule has 4 heteroatoms. The van der Waals surface area contributed by atoms with Gasteiger partial charge in [-0.3, -0.25) is 9.59 Å². The van der Waals surface area contributed by atoms with E-state index >= 15 is 0 Å². The van der Waals surface area contributed by atoms with Crippen LogP contribution in [0.1, 0.15) is 89.2 Å². The highest BCUT2D eigenvalue weighted by atomic mass is 16.5. The maximum absolute atomic E-state index is 12.6. The van der Waals surface area contributed by atoms with Gasteiger partial charge in [-0.25, -0.2) is 0 Å². The number of carbonyl (C=O) groups is 2. The molecule has 0 unspecified atom stereocenters. The molecule has 0 amide bonds. The maximum atomic E-state index is 12.6. The summed E-state index contributed by atoms with van der Waals surface area (Å²) in [5.74, 6) is 0.507. The van der Waals surface area contributed by atoms with E-state index in [2.05, 4.69) is 13.8 Å². The van der Waals surface area contributed by atoms with Gasteiger partial charge in [0.05, 0.1) is 11.8 Å². The third-order valence-corrected chi connectivity index (χ3v) is 6.82. The molecular formula is C30H40O4. The van der Waals surface area contributed by atoms with Crippen molar-refractivity contribution < 1.29 is 19.1 Å². The lowest BCUT2D eigenvalue weighted by atomic mass is 9.82. The lowest BCUT2D eigenvalue weighted by Crippen LogP contribution is -2.30. The molecule has 0 atom stereocenters. The van der Waals surface area contributed by atoms with Crippen LogP contribution in [0.4, 0.5) is 0 Å². The number of esters is 2. The van der Waals surface area contributed by atoms with Gasteiger partial charge in [-0.2, -0.15) is 0 Å². The Morgan fingerprint density at radius 1 is 0.618 bits per heavy atom. The molecule has 1 saturated carbocycles. The van der Waals surface area contributed by atoms with Crippen LogP contribution < -0.4 is 9.47 Å². The highest BCUT2D eigenvalue weighted by Gasteiger charge is 2.32. The molecule has 1 fully saturated rings. The molecule has 184 valence electrons. The second-order valence-electron chi connectivity index (χ2n) is 9.59. The highest BCUT2D eigenvalue weighted by molar-refractivity contribution is 5.77. The summed E-state index contributed by atoms with van der Waals surface area (Å²) >= 11 is 0. The lowest BCUT2D eigenvalue weighted by molar-refractivity contribution is -0.145. The van der Waals surface area contributed by atoms with Gasteiger partial charge in [-0.1, -0.05) is 63.8 Å². The minimum atomic E-state index is -0.191. The minimum absolute atomic E-state index is 0.157. The van der Waals surface area contributed by atoms with Crippen molar-refractivity contribution in [2.45, 2.75) is 90.9 Å². The predicted molar refractivity (Wildman–Crippen MR) is 136 cm³/mol. The van der Waals surface area contributed by atoms with Crippen molar-refractivity contribution >= 4 is 11.9 Å². The maximum Gasteiger partial charge on any atom is 0.314 e. The Labute approximate surface area is 205 Å². The Morgan fingerprint density at radius 2 is 0.971 bits per heavy atom. The van der Waals surface area contributed by atoms with E-state index in [-0.39, 0.29) is 23.8 Å². The van der Waals surface area contributed by atoms with Crippen LogP contribution in [0.5, 0.6) is 11.5 Å². The van der Waals surface area contributed by atoms with Crippen LogP contribution >= 0.6 is 0 Å². The Hall–Kier alpha value is -2.62. The number of carbonyl (C=O) groups excluding carboxylic acids is 2. The van der Waals surface area contributed by atoms with Crippen LogP contribution in [0.15, 0.2) is 48.5 Å². The molecule has 1 aliphatic carbocycles. The molecule has 0 aliphatic heterocycles. The minimum Gasteiger partial charge on any atom is -0.426 e. The van der Waals surface area contributed by atoms with Crippen LogP contribution in [0.2, 0.25) is 0 Å². The van der Waals surface area contributed by atoms with Crippen molar-refractivity contribution in [3.8, 4) is 11.5 Å². The van der Waals surface area contributed by atoms with E-state index in [1.54, 1.807) is 0 Å². The van der Waals surface area contributed by atoms with E-state index in [0.717, 1.165) is 12.8 Å². The van der Waals surface area contributed by atoms with Crippen LogP contribution in [0.25, 0.3) is 0 Å². The molecule has 0 bridgehead atoms. The summed E-state index contributed by atoms with van der Waals surface area (Å²) in [7, 11) is 0. The van der Waals surface area contributed by atoms with Crippen LogP contribution in [-0.2, 0) is 22.4 Å². The molecule has 0 heterocycles. The standard InChI is InChI=1S/C30H40O4/c1-3-5-7-9-23-11-19-27(20-12-23)33-29(31)25-15-17-26(18-16-25)30(32)34-28-21-13-24(14-22-28)10-8-6-4-2/h11-14,19-22,25-26H,3-10,15-18H2,1-2H3/t25-,26-. The first-order chi connectivity index (χ1) is 16.6. The van der Waals surface area contributed by atoms with Gasteiger partial charge in [0.15, 0.2) is 0 Å². The second-order valence-corrected chi connectivity index (χ2v) is 9.59. The fourth-order valence-corrected chi connectivity index (χ4v) is 4.57. The zero-order valence-electron chi connectivity index (χ0n) is 20.9. The topological polar surface area (TPSA) is 52.6 Å². The normalized spacial score (nSPS) is 17.8. The summed E-state index contributed by atoms with van der Waals surface area (Å²) < 4.78 is 11.2. The second kappa shape index (κ2) is 13.9. The van der Waals surface area contributed by atoms with Crippen LogP contribution in [0.3, 0.4) is 0 Å². The first-order valence-electron chi connectivity index (χ1n) is 13.2. The van der Waals surface area contributed by atoms with E-state index < -0.39 is 0 Å². The summed E-state index contributed by atoms with van der Waals surface area (Å²) in [6.45, 7) is 4.40. The van der Waals surface area contributed by atoms with E-state index in [1.165, 1.54) is 49.7 Å². The zero-order chi connectivity index (χ0) is 24.2. The first-order valence-corrected chi connectivity index (χ1v) is 13.2. The van der Waals surface area contributed by atoms with E-state index in [0.29, 0.717) is 37.2 Å². The molecule has 1 aliphatic rings. The van der Waals surface area contributed by atoms with Crippen molar-refractivity contribution in [3.05, 3.63) is 59.7 Å². The van der Waals surface area contributed by atoms with Crippen LogP contribution in [0, 0.1) is 11.8 Å². The molecule has 0 saturated heterocycles. The number of hydrogen-bond acceptors (Lipinski definition) is 4. The first kappa shape index (κ1) is 26.0. The van der Waals surface area contributed by atoms with Gasteiger partial charge in [-0.05, 0) is 86.8 Å². The van der Waals surface area contributed by atoms with Crippen LogP contribution in [-0.4, -0.2) is 11.9 Å². The van der Waals surface area contributed by atoms with Crippen molar-refractivity contribution in [1.29, 1.82) is 0 Å². The molecule has 34 heavy (non-hydrogen) atoms. The summed E-state index contributed by atoms with van der Waals surface area (Å²) in [5, 5.41) is 0. The molecule has 3 rings (SSSR count). The third-order valence-electron chi connectivity index (χ3n) is 6.82. The Balaban J connectivity index is 1.40. The number of benzene rings is 2. The molecule has 0 spiro atoms. The third kappa shape index (κ3) is 8.30. The van der Waals surface area contributed by atoms with E-state index in [9.17, 15) is 9.59 Å². The molecular weight excluding hydrogens is 424 g/mol. The number of ether oxygens (including phenoxy) is 2. The molecule has 2 aromatic carbocycles. The summed E-state index contributed by atoms with van der Waals surface area (Å²) in [6.07, 6.45) is 12.0. The fourth-order valence-electron chi connectivity index (χ4n) is 4.57. The number of hydrogen-bond donors (Lipinski definition) is 0. The van der Waals surface area contributed by atoms with Crippen molar-refractivity contribution in [3.63, 3.8) is 0 Å². The van der Waals surface area contributed by atoms with Gasteiger partial charge < -0.3 is 9.47 Å². The van der Waals surface area contributed by atoms with Crippen molar-refractivity contribution in [2.24, 2.45) is 11.8 Å². The quantitative estimate of drug-likeness (QED) is 0.186. The lowest BCUT2D eigenvalue weighted by Gasteiger charge is -2.25. The fraction of sp³-hybridized carbons (Fsp3) is 0.533. The van der Waals surface area contributed by atoms with Gasteiger partial charge in [0.1, 0.15) is 11.5 Å². The zero-order valence-corrected chi connectivity index (χ0v) is 20.9. The summed E-state index contributed by atoms with van der Waals surface area (Å²) in [5.41, 5.74) is 2.55. The average molecular weight is 465 g/mol. The molecule has 4 nitrogen and oxygen atoms in total. The van der Waals surface area contributed by atoms with Crippen molar-refractivity contribution in [1.82, 2.24) is 0 Å². The molecule has 0 radical (unpaired) electrons. The number of rotatable bonds is 12. The average Bonchev–Trinajstić information content (AvgIpc) is 2.86. The Morgan fingerprint density at radius 3 is 1.29 bits per heavy atom. The highest BCUT2D eigenvalue weighted by Crippen LogP contribution is 2.31. The molecule has 2 aromatic rings. The monoisotopic (exact) mass is 464 g/mol. The summed E-state index contributed by atoms with van der Waals surface area (Å²) in [6, 6.07) is 15.7. The molecule has 0 aromatic heterocycles. The SMILES string of the molecule is CCCCCc1ccc(OC(=O)[C@H]2CC[C@H](C(=O)Oc3ccc(CCCCC)cc3)CC2)cc1. The number of aryl methyl sites for hydroxylation is 2. The number of unbranched alkanes of at least 4 members (excludes halogenated alkanes) is 4. The van der Waals surface area contributed by atoms with Gasteiger partial charge in [-0.15, -0.1) is 0 Å². The smallest absolute Gasteiger partial charge is 0.314 e. The van der Waals surface area contributed by atoms with E-state index in [1.807, 2.05) is 48.5 Å². The van der Waals surface area contributed by atoms with E-state index in [4.69, 9.17) is 9.47 Å². The van der Waals surface area contributed by atoms with Gasteiger partial charge in [0, 0.05) is 0 Å². The van der Waals surface area contributed by atoms with Gasteiger partial charge in [0.25, 0.3) is 0 Å². The Bertz CT molecular complexity index is 802. The summed E-state index contributed by atoms with van der Waals surface area (Å²) in [4.78, 5) is 25.2. The van der Waals surface area contributed by atoms with Gasteiger partial charge >= 0.3 is 11.9 Å². The largest absolute Gasteiger partial charge is 0.426 e. The Kier molecular flexibility index (Phi) is 10.7. The van der Waals surface area contributed by atoms with Gasteiger partial charge in [0.2, 0.25) is 0 Å². The predicted octanol–water partition coefficient (Wildman–Crippen LogP) is 7.47. The van der Waals surface area contributed by atoms with Crippen molar-refractivity contribution in [2.75, 3.05) is 0 Å². The molecule has 0 N–H and O–H groups in total.